The number of nitrogens with zero attached hydrogens (tertiary/aromatic N) is 1. The number of rotatable bonds is 6. The van der Waals surface area contributed by atoms with Gasteiger partial charge in [-0.2, -0.15) is 0 Å². The molecule has 1 amide bonds. The zero-order valence-electron chi connectivity index (χ0n) is 14.6. The van der Waals surface area contributed by atoms with Crippen LogP contribution in [0.2, 0.25) is 0 Å². The van der Waals surface area contributed by atoms with Gasteiger partial charge in [-0.25, -0.2) is 0 Å². The molecule has 2 aromatic rings. The summed E-state index contributed by atoms with van der Waals surface area (Å²) in [4.78, 5) is 14.4. The third-order valence-corrected chi connectivity index (χ3v) is 5.34. The van der Waals surface area contributed by atoms with Crippen molar-refractivity contribution < 1.29 is 9.53 Å². The van der Waals surface area contributed by atoms with Crippen LogP contribution < -0.4 is 10.1 Å². The van der Waals surface area contributed by atoms with Crippen molar-refractivity contribution in [2.75, 3.05) is 26.2 Å². The molecule has 1 heterocycles. The van der Waals surface area contributed by atoms with Crippen LogP contribution in [-0.4, -0.2) is 43.1 Å². The third kappa shape index (κ3) is 4.13. The van der Waals surface area contributed by atoms with Gasteiger partial charge in [-0.15, -0.1) is 0 Å². The van der Waals surface area contributed by atoms with Gasteiger partial charge in [0.1, 0.15) is 5.75 Å². The van der Waals surface area contributed by atoms with E-state index < -0.39 is 0 Å². The van der Waals surface area contributed by atoms with Gasteiger partial charge < -0.3 is 15.0 Å². The fraction of sp³-hybridized carbons (Fsp3) is 0.476. The highest BCUT2D eigenvalue weighted by molar-refractivity contribution is 5.88. The summed E-state index contributed by atoms with van der Waals surface area (Å²) in [5.41, 5.74) is 0. The van der Waals surface area contributed by atoms with E-state index in [9.17, 15) is 4.79 Å². The first-order chi connectivity index (χ1) is 12.3. The van der Waals surface area contributed by atoms with Crippen LogP contribution in [0, 0.1) is 5.92 Å². The molecular weight excluding hydrogens is 312 g/mol. The fourth-order valence-corrected chi connectivity index (χ4v) is 3.54. The maximum absolute atomic E-state index is 12.5. The van der Waals surface area contributed by atoms with E-state index in [1.807, 2.05) is 35.2 Å². The van der Waals surface area contributed by atoms with Gasteiger partial charge in [-0.05, 0) is 49.6 Å². The van der Waals surface area contributed by atoms with Crippen molar-refractivity contribution in [3.63, 3.8) is 0 Å². The second-order valence-electron chi connectivity index (χ2n) is 7.27. The number of amides is 1. The summed E-state index contributed by atoms with van der Waals surface area (Å²) < 4.78 is 5.84. The van der Waals surface area contributed by atoms with Crippen LogP contribution in [0.25, 0.3) is 10.8 Å². The standard InChI is InChI=1S/C21H26N2O2/c24-21(23-12-10-18(11-13-23)22-14-16-8-9-16)15-25-20-7-3-5-17-4-1-2-6-19(17)20/h1-7,16,18,22H,8-15H2. The average molecular weight is 338 g/mol. The summed E-state index contributed by atoms with van der Waals surface area (Å²) in [5.74, 6) is 1.79. The molecule has 1 aliphatic heterocycles. The van der Waals surface area contributed by atoms with Crippen molar-refractivity contribution in [2.45, 2.75) is 31.7 Å². The third-order valence-electron chi connectivity index (χ3n) is 5.34. The molecule has 132 valence electrons. The molecule has 4 heteroatoms. The minimum atomic E-state index is 0.0913. The molecule has 0 spiro atoms. The van der Waals surface area contributed by atoms with E-state index in [-0.39, 0.29) is 12.5 Å². The van der Waals surface area contributed by atoms with Gasteiger partial charge in [-0.3, -0.25) is 4.79 Å². The van der Waals surface area contributed by atoms with Gasteiger partial charge in [-0.1, -0.05) is 36.4 Å². The van der Waals surface area contributed by atoms with Crippen molar-refractivity contribution in [3.8, 4) is 5.75 Å². The maximum Gasteiger partial charge on any atom is 0.260 e. The molecule has 2 fully saturated rings. The van der Waals surface area contributed by atoms with Crippen molar-refractivity contribution in [3.05, 3.63) is 42.5 Å². The van der Waals surface area contributed by atoms with Crippen LogP contribution >= 0.6 is 0 Å². The molecule has 1 saturated heterocycles. The number of fused-ring (bicyclic) bond motifs is 1. The number of piperidine rings is 1. The zero-order valence-corrected chi connectivity index (χ0v) is 14.6. The number of benzene rings is 2. The van der Waals surface area contributed by atoms with Crippen LogP contribution in [0.4, 0.5) is 0 Å². The van der Waals surface area contributed by atoms with Gasteiger partial charge in [0.05, 0.1) is 0 Å². The van der Waals surface area contributed by atoms with Crippen LogP contribution in [0.3, 0.4) is 0 Å². The monoisotopic (exact) mass is 338 g/mol. The normalized spacial score (nSPS) is 18.5. The number of likely N-dealkylation sites (tertiary alicyclic amines) is 1. The smallest absolute Gasteiger partial charge is 0.260 e. The lowest BCUT2D eigenvalue weighted by atomic mass is 10.0. The molecule has 25 heavy (non-hydrogen) atoms. The number of hydrogen-bond acceptors (Lipinski definition) is 3. The van der Waals surface area contributed by atoms with Crippen LogP contribution in [0.1, 0.15) is 25.7 Å². The highest BCUT2D eigenvalue weighted by Gasteiger charge is 2.26. The van der Waals surface area contributed by atoms with E-state index in [0.29, 0.717) is 6.04 Å². The molecule has 0 bridgehead atoms. The van der Waals surface area contributed by atoms with Crippen LogP contribution in [0.15, 0.2) is 42.5 Å². The number of hydrogen-bond donors (Lipinski definition) is 1. The minimum absolute atomic E-state index is 0.0913. The molecule has 2 aromatic carbocycles. The van der Waals surface area contributed by atoms with Gasteiger partial charge in [0, 0.05) is 24.5 Å². The van der Waals surface area contributed by atoms with Crippen LogP contribution in [0.5, 0.6) is 5.75 Å². The Morgan fingerprint density at radius 1 is 1.04 bits per heavy atom. The quantitative estimate of drug-likeness (QED) is 0.879. The van der Waals surface area contributed by atoms with Crippen molar-refractivity contribution >= 4 is 16.7 Å². The molecule has 0 atom stereocenters. The summed E-state index contributed by atoms with van der Waals surface area (Å²) in [6.07, 6.45) is 4.87. The van der Waals surface area contributed by atoms with Crippen molar-refractivity contribution in [1.82, 2.24) is 10.2 Å². The lowest BCUT2D eigenvalue weighted by molar-refractivity contribution is -0.134. The Kier molecular flexibility index (Phi) is 4.88. The van der Waals surface area contributed by atoms with Crippen molar-refractivity contribution in [2.24, 2.45) is 5.92 Å². The SMILES string of the molecule is O=C(COc1cccc2ccccc12)N1CCC(NCC2CC2)CC1. The first-order valence-electron chi connectivity index (χ1n) is 9.41. The summed E-state index contributed by atoms with van der Waals surface area (Å²) >= 11 is 0. The molecule has 0 aromatic heterocycles. The molecule has 4 nitrogen and oxygen atoms in total. The molecule has 2 aliphatic rings. The Labute approximate surface area is 149 Å². The van der Waals surface area contributed by atoms with Crippen LogP contribution in [-0.2, 0) is 4.79 Å². The highest BCUT2D eigenvalue weighted by atomic mass is 16.5. The van der Waals surface area contributed by atoms with Gasteiger partial charge in [0.2, 0.25) is 0 Å². The Balaban J connectivity index is 1.27. The Morgan fingerprint density at radius 3 is 2.60 bits per heavy atom. The molecule has 0 radical (unpaired) electrons. The summed E-state index contributed by atoms with van der Waals surface area (Å²) in [6, 6.07) is 14.6. The van der Waals surface area contributed by atoms with E-state index in [4.69, 9.17) is 4.74 Å². The molecular formula is C21H26N2O2. The number of nitrogens with one attached hydrogen (secondary N) is 1. The van der Waals surface area contributed by atoms with E-state index in [2.05, 4.69) is 17.4 Å². The summed E-state index contributed by atoms with van der Waals surface area (Å²) in [7, 11) is 0. The maximum atomic E-state index is 12.5. The predicted octanol–water partition coefficient (Wildman–Crippen LogP) is 3.21. The van der Waals surface area contributed by atoms with Gasteiger partial charge >= 0.3 is 0 Å². The lowest BCUT2D eigenvalue weighted by Gasteiger charge is -2.32. The summed E-state index contributed by atoms with van der Waals surface area (Å²) in [6.45, 7) is 2.94. The predicted molar refractivity (Wildman–Crippen MR) is 99.8 cm³/mol. The number of carbonyl (C=O) groups is 1. The molecule has 1 saturated carbocycles. The average Bonchev–Trinajstić information content (AvgIpc) is 3.49. The molecule has 4 rings (SSSR count). The van der Waals surface area contributed by atoms with E-state index in [0.717, 1.165) is 54.9 Å². The fourth-order valence-electron chi connectivity index (χ4n) is 3.54. The molecule has 0 unspecified atom stereocenters. The minimum Gasteiger partial charge on any atom is -0.483 e. The van der Waals surface area contributed by atoms with E-state index in [1.54, 1.807) is 0 Å². The molecule has 1 N–H and O–H groups in total. The largest absolute Gasteiger partial charge is 0.483 e. The Morgan fingerprint density at radius 2 is 1.80 bits per heavy atom. The Bertz CT molecular complexity index is 728. The van der Waals surface area contributed by atoms with Gasteiger partial charge in [0.15, 0.2) is 6.61 Å². The number of ether oxygens (including phenoxy) is 1. The second kappa shape index (κ2) is 7.44. The topological polar surface area (TPSA) is 41.6 Å². The first kappa shape index (κ1) is 16.4. The zero-order chi connectivity index (χ0) is 17.1. The van der Waals surface area contributed by atoms with Gasteiger partial charge in [0.25, 0.3) is 5.91 Å². The summed E-state index contributed by atoms with van der Waals surface area (Å²) in [5, 5.41) is 5.84. The van der Waals surface area contributed by atoms with Crippen molar-refractivity contribution in [1.29, 1.82) is 0 Å². The van der Waals surface area contributed by atoms with E-state index >= 15 is 0 Å². The first-order valence-corrected chi connectivity index (χ1v) is 9.41. The second-order valence-corrected chi connectivity index (χ2v) is 7.27. The van der Waals surface area contributed by atoms with E-state index in [1.165, 1.54) is 12.8 Å². The highest BCUT2D eigenvalue weighted by Crippen LogP contribution is 2.28. The number of carbonyl (C=O) groups excluding carboxylic acids is 1. The Hall–Kier alpha value is -2.07. The molecule has 1 aliphatic carbocycles. The lowest BCUT2D eigenvalue weighted by Crippen LogP contribution is -2.46.